The van der Waals surface area contributed by atoms with Gasteiger partial charge in [-0.1, -0.05) is 5.16 Å². The van der Waals surface area contributed by atoms with Crippen molar-refractivity contribution in [3.63, 3.8) is 0 Å². The number of benzene rings is 1. The van der Waals surface area contributed by atoms with Crippen LogP contribution in [0.3, 0.4) is 0 Å². The van der Waals surface area contributed by atoms with Crippen LogP contribution in [0.25, 0.3) is 0 Å². The number of ether oxygens (including phenoxy) is 2. The van der Waals surface area contributed by atoms with Crippen molar-refractivity contribution in [1.82, 2.24) is 9.46 Å². The van der Waals surface area contributed by atoms with E-state index in [1.165, 1.54) is 10.4 Å². The predicted octanol–water partition coefficient (Wildman–Crippen LogP) is 1.22. The fraction of sp³-hybridized carbons (Fsp3) is 0.400. The molecule has 0 aliphatic carbocycles. The zero-order valence-electron chi connectivity index (χ0n) is 13.1. The Morgan fingerprint density at radius 2 is 1.79 bits per heavy atom. The Balaban J connectivity index is 1.50. The molecule has 2 aliphatic rings. The number of aromatic nitrogens is 1. The van der Waals surface area contributed by atoms with E-state index in [1.807, 2.05) is 17.9 Å². The number of aryl methyl sites for hydroxylation is 1. The van der Waals surface area contributed by atoms with Crippen LogP contribution in [0, 0.1) is 6.92 Å². The normalized spacial score (nSPS) is 18.1. The number of hydrogen-bond acceptors (Lipinski definition) is 7. The molecule has 1 saturated heterocycles. The van der Waals surface area contributed by atoms with Gasteiger partial charge in [0.2, 0.25) is 16.8 Å². The molecule has 4 rings (SSSR count). The van der Waals surface area contributed by atoms with Gasteiger partial charge in [-0.25, -0.2) is 8.42 Å². The first-order valence-corrected chi connectivity index (χ1v) is 9.06. The number of anilines is 1. The summed E-state index contributed by atoms with van der Waals surface area (Å²) in [5, 5.41) is 3.98. The summed E-state index contributed by atoms with van der Waals surface area (Å²) in [4.78, 5) is 2.24. The molecule has 0 unspecified atom stereocenters. The second kappa shape index (κ2) is 5.67. The maximum atomic E-state index is 12.8. The van der Waals surface area contributed by atoms with Gasteiger partial charge in [0.15, 0.2) is 17.3 Å². The first-order chi connectivity index (χ1) is 11.5. The average Bonchev–Trinajstić information content (AvgIpc) is 3.23. The minimum absolute atomic E-state index is 0.120. The fourth-order valence-electron chi connectivity index (χ4n) is 2.85. The Labute approximate surface area is 139 Å². The Morgan fingerprint density at radius 1 is 1.04 bits per heavy atom. The molecule has 1 fully saturated rings. The number of hydrogen-bond donors (Lipinski definition) is 0. The molecule has 2 aliphatic heterocycles. The van der Waals surface area contributed by atoms with Crippen LogP contribution in [0.5, 0.6) is 11.5 Å². The Morgan fingerprint density at radius 3 is 2.50 bits per heavy atom. The van der Waals surface area contributed by atoms with E-state index in [4.69, 9.17) is 14.0 Å². The van der Waals surface area contributed by atoms with Crippen LogP contribution >= 0.6 is 0 Å². The summed E-state index contributed by atoms with van der Waals surface area (Å²) in [5.41, 5.74) is 0. The molecule has 0 spiro atoms. The highest BCUT2D eigenvalue weighted by atomic mass is 32.2. The van der Waals surface area contributed by atoms with Gasteiger partial charge in [-0.2, -0.15) is 4.31 Å². The van der Waals surface area contributed by atoms with Crippen LogP contribution in [0.4, 0.5) is 5.82 Å². The summed E-state index contributed by atoms with van der Waals surface area (Å²) in [7, 11) is -3.56. The molecule has 0 N–H and O–H groups in total. The molecule has 24 heavy (non-hydrogen) atoms. The van der Waals surface area contributed by atoms with Crippen molar-refractivity contribution >= 4 is 15.8 Å². The Hall–Kier alpha value is -2.26. The van der Waals surface area contributed by atoms with Gasteiger partial charge in [0.1, 0.15) is 5.76 Å². The van der Waals surface area contributed by atoms with Gasteiger partial charge in [0.05, 0.1) is 4.90 Å². The van der Waals surface area contributed by atoms with E-state index in [9.17, 15) is 8.42 Å². The fourth-order valence-corrected chi connectivity index (χ4v) is 4.28. The van der Waals surface area contributed by atoms with Gasteiger partial charge in [-0.15, -0.1) is 0 Å². The lowest BCUT2D eigenvalue weighted by molar-refractivity contribution is 0.174. The second-order valence-electron chi connectivity index (χ2n) is 5.70. The zero-order chi connectivity index (χ0) is 16.7. The molecule has 0 bridgehead atoms. The molecule has 0 radical (unpaired) electrons. The standard InChI is InChI=1S/C15H17N3O5S/c1-11-8-15(16-23-11)17-4-6-18(7-5-17)24(19,20)12-2-3-13-14(9-12)22-10-21-13/h2-3,8-9H,4-7,10H2,1H3. The van der Waals surface area contributed by atoms with Crippen molar-refractivity contribution in [3.05, 3.63) is 30.0 Å². The van der Waals surface area contributed by atoms with Crippen molar-refractivity contribution in [2.45, 2.75) is 11.8 Å². The molecule has 0 saturated carbocycles. The summed E-state index contributed by atoms with van der Waals surface area (Å²) >= 11 is 0. The molecular weight excluding hydrogens is 334 g/mol. The highest BCUT2D eigenvalue weighted by Crippen LogP contribution is 2.34. The van der Waals surface area contributed by atoms with Crippen LogP contribution in [0.15, 0.2) is 33.7 Å². The Kier molecular flexibility index (Phi) is 3.61. The third-order valence-electron chi connectivity index (χ3n) is 4.16. The highest BCUT2D eigenvalue weighted by Gasteiger charge is 2.30. The molecule has 2 aromatic rings. The lowest BCUT2D eigenvalue weighted by Crippen LogP contribution is -2.48. The van der Waals surface area contributed by atoms with Crippen molar-refractivity contribution in [1.29, 1.82) is 0 Å². The van der Waals surface area contributed by atoms with E-state index in [2.05, 4.69) is 5.16 Å². The quantitative estimate of drug-likeness (QED) is 0.822. The Bertz CT molecular complexity index is 856. The van der Waals surface area contributed by atoms with E-state index < -0.39 is 10.0 Å². The molecule has 0 amide bonds. The van der Waals surface area contributed by atoms with E-state index in [0.29, 0.717) is 37.7 Å². The maximum absolute atomic E-state index is 12.8. The van der Waals surface area contributed by atoms with Crippen LogP contribution in [0.1, 0.15) is 5.76 Å². The van der Waals surface area contributed by atoms with Gasteiger partial charge >= 0.3 is 0 Å². The largest absolute Gasteiger partial charge is 0.454 e. The van der Waals surface area contributed by atoms with E-state index in [-0.39, 0.29) is 11.7 Å². The molecule has 1 aromatic heterocycles. The van der Waals surface area contributed by atoms with Crippen LogP contribution in [-0.2, 0) is 10.0 Å². The van der Waals surface area contributed by atoms with Crippen LogP contribution in [0.2, 0.25) is 0 Å². The number of sulfonamides is 1. The lowest BCUT2D eigenvalue weighted by atomic mass is 10.3. The van der Waals surface area contributed by atoms with Crippen molar-refractivity contribution in [3.8, 4) is 11.5 Å². The van der Waals surface area contributed by atoms with Crippen molar-refractivity contribution < 1.29 is 22.4 Å². The molecule has 1 aromatic carbocycles. The maximum Gasteiger partial charge on any atom is 0.243 e. The summed E-state index contributed by atoms with van der Waals surface area (Å²) in [6, 6.07) is 6.55. The summed E-state index contributed by atoms with van der Waals surface area (Å²) in [6.07, 6.45) is 0. The third-order valence-corrected chi connectivity index (χ3v) is 6.05. The van der Waals surface area contributed by atoms with Gasteiger partial charge < -0.3 is 18.9 Å². The highest BCUT2D eigenvalue weighted by molar-refractivity contribution is 7.89. The third kappa shape index (κ3) is 2.59. The minimum Gasteiger partial charge on any atom is -0.454 e. The number of rotatable bonds is 3. The van der Waals surface area contributed by atoms with Crippen molar-refractivity contribution in [2.75, 3.05) is 37.9 Å². The van der Waals surface area contributed by atoms with E-state index in [0.717, 1.165) is 11.6 Å². The average molecular weight is 351 g/mol. The second-order valence-corrected chi connectivity index (χ2v) is 7.64. The van der Waals surface area contributed by atoms with Crippen molar-refractivity contribution in [2.24, 2.45) is 0 Å². The molecule has 8 nitrogen and oxygen atoms in total. The molecule has 9 heteroatoms. The summed E-state index contributed by atoms with van der Waals surface area (Å²) in [5.74, 6) is 2.51. The topological polar surface area (TPSA) is 85.1 Å². The monoisotopic (exact) mass is 351 g/mol. The van der Waals surface area contributed by atoms with Crippen LogP contribution in [-0.4, -0.2) is 50.9 Å². The molecule has 128 valence electrons. The summed E-state index contributed by atoms with van der Waals surface area (Å²) in [6.45, 7) is 3.86. The zero-order valence-corrected chi connectivity index (χ0v) is 14.0. The minimum atomic E-state index is -3.56. The van der Waals surface area contributed by atoms with Gasteiger partial charge in [0, 0.05) is 38.3 Å². The lowest BCUT2D eigenvalue weighted by Gasteiger charge is -2.33. The molecule has 3 heterocycles. The van der Waals surface area contributed by atoms with Crippen LogP contribution < -0.4 is 14.4 Å². The SMILES string of the molecule is Cc1cc(N2CCN(S(=O)(=O)c3ccc4c(c3)OCO4)CC2)no1. The molecule has 0 atom stereocenters. The first-order valence-electron chi connectivity index (χ1n) is 7.62. The number of nitrogens with zero attached hydrogens (tertiary/aromatic N) is 3. The van der Waals surface area contributed by atoms with Gasteiger partial charge in [0.25, 0.3) is 0 Å². The first kappa shape index (κ1) is 15.3. The van der Waals surface area contributed by atoms with E-state index in [1.54, 1.807) is 12.1 Å². The number of piperazine rings is 1. The van der Waals surface area contributed by atoms with Gasteiger partial charge in [-0.05, 0) is 19.1 Å². The number of fused-ring (bicyclic) bond motifs is 1. The predicted molar refractivity (Wildman–Crippen MR) is 84.8 cm³/mol. The molecular formula is C15H17N3O5S. The summed E-state index contributed by atoms with van der Waals surface area (Å²) < 4.78 is 42.7. The smallest absolute Gasteiger partial charge is 0.243 e. The van der Waals surface area contributed by atoms with Gasteiger partial charge in [-0.3, -0.25) is 0 Å². The van der Waals surface area contributed by atoms with E-state index >= 15 is 0 Å².